The fourth-order valence-electron chi connectivity index (χ4n) is 1.92. The summed E-state index contributed by atoms with van der Waals surface area (Å²) >= 11 is 0. The fraction of sp³-hybridized carbons (Fsp3) is 1.00. The van der Waals surface area contributed by atoms with E-state index >= 15 is 0 Å². The molecule has 0 amide bonds. The minimum atomic E-state index is 0.913. The Labute approximate surface area is 61.7 Å². The monoisotopic (exact) mass is 143 g/mol. The normalized spacial score (nSPS) is 45.9. The Morgan fingerprint density at radius 1 is 1.10 bits per heavy atom. The van der Waals surface area contributed by atoms with Crippen LogP contribution < -0.4 is 0 Å². The number of fused-ring (bicyclic) bond motifs is 3. The lowest BCUT2D eigenvalue weighted by atomic mass is 10.2. The molecule has 0 aromatic carbocycles. The maximum atomic E-state index is 5.48. The summed E-state index contributed by atoms with van der Waals surface area (Å²) in [5.74, 6) is 0. The van der Waals surface area contributed by atoms with Gasteiger partial charge in [-0.2, -0.15) is 4.65 Å². The summed E-state index contributed by atoms with van der Waals surface area (Å²) in [6.07, 6.45) is 0. The number of quaternary nitrogens is 1. The van der Waals surface area contributed by atoms with Crippen molar-refractivity contribution in [3.8, 4) is 0 Å². The molecule has 3 aliphatic rings. The smallest absolute Gasteiger partial charge is 0.122 e. The molecule has 3 nitrogen and oxygen atoms in total. The fourth-order valence-corrected chi connectivity index (χ4v) is 1.92. The number of nitrogens with zero attached hydrogens (tertiary/aromatic N) is 2. The van der Waals surface area contributed by atoms with Crippen LogP contribution in [0.15, 0.2) is 0 Å². The summed E-state index contributed by atoms with van der Waals surface area (Å²) in [7, 11) is 1.83. The van der Waals surface area contributed by atoms with Crippen molar-refractivity contribution < 1.29 is 9.48 Å². The Balaban J connectivity index is 2.08. The van der Waals surface area contributed by atoms with Gasteiger partial charge in [0.15, 0.2) is 0 Å². The Morgan fingerprint density at radius 3 is 1.90 bits per heavy atom. The van der Waals surface area contributed by atoms with Crippen molar-refractivity contribution in [2.45, 2.75) is 0 Å². The molecule has 0 aromatic rings. The molecule has 0 radical (unpaired) electrons. The molecule has 3 saturated heterocycles. The van der Waals surface area contributed by atoms with Gasteiger partial charge in [0, 0.05) is 0 Å². The lowest BCUT2D eigenvalue weighted by Gasteiger charge is -2.46. The Hall–Kier alpha value is -0.120. The first-order chi connectivity index (χ1) is 4.85. The predicted octanol–water partition coefficient (Wildman–Crippen LogP) is -0.306. The molecule has 3 heteroatoms. The first-order valence-electron chi connectivity index (χ1n) is 3.99. The second kappa shape index (κ2) is 2.19. The molecular weight excluding hydrogens is 128 g/mol. The molecule has 0 spiro atoms. The standard InChI is InChI=1S/C7H15N2O/c1-10-9-5-2-8(3-6-9)4-7-9/h2-7H2,1H3/q+1. The van der Waals surface area contributed by atoms with Crippen molar-refractivity contribution in [1.29, 1.82) is 0 Å². The molecule has 3 heterocycles. The molecule has 0 N–H and O–H groups in total. The van der Waals surface area contributed by atoms with E-state index in [1.54, 1.807) is 0 Å². The van der Waals surface area contributed by atoms with Crippen molar-refractivity contribution in [2.24, 2.45) is 0 Å². The molecule has 0 aromatic heterocycles. The van der Waals surface area contributed by atoms with Crippen LogP contribution >= 0.6 is 0 Å². The zero-order valence-corrected chi connectivity index (χ0v) is 6.55. The number of hydroxylamine groups is 3. The van der Waals surface area contributed by atoms with Crippen molar-refractivity contribution in [1.82, 2.24) is 4.90 Å². The van der Waals surface area contributed by atoms with Gasteiger partial charge >= 0.3 is 0 Å². The predicted molar refractivity (Wildman–Crippen MR) is 38.3 cm³/mol. The van der Waals surface area contributed by atoms with Crippen LogP contribution in [-0.4, -0.2) is 55.9 Å². The number of hydrogen-bond acceptors (Lipinski definition) is 2. The van der Waals surface area contributed by atoms with E-state index in [-0.39, 0.29) is 0 Å². The van der Waals surface area contributed by atoms with Gasteiger partial charge in [0.05, 0.1) is 26.7 Å². The Kier molecular flexibility index (Phi) is 1.44. The highest BCUT2D eigenvalue weighted by atomic mass is 16.7. The molecule has 3 rings (SSSR count). The average molecular weight is 143 g/mol. The molecule has 3 aliphatic heterocycles. The van der Waals surface area contributed by atoms with Gasteiger partial charge in [-0.05, 0) is 0 Å². The van der Waals surface area contributed by atoms with Crippen LogP contribution in [0.3, 0.4) is 0 Å². The summed E-state index contributed by atoms with van der Waals surface area (Å²) in [6, 6.07) is 0. The highest BCUT2D eigenvalue weighted by Crippen LogP contribution is 2.18. The van der Waals surface area contributed by atoms with Crippen LogP contribution in [0.1, 0.15) is 0 Å². The molecule has 0 aliphatic carbocycles. The minimum absolute atomic E-state index is 0.913. The minimum Gasteiger partial charge on any atom is -0.286 e. The molecule has 58 valence electrons. The van der Waals surface area contributed by atoms with Gasteiger partial charge < -0.3 is 0 Å². The largest absolute Gasteiger partial charge is 0.286 e. The van der Waals surface area contributed by atoms with Gasteiger partial charge in [-0.1, -0.05) is 0 Å². The maximum Gasteiger partial charge on any atom is 0.122 e. The van der Waals surface area contributed by atoms with Crippen LogP contribution in [0.4, 0.5) is 0 Å². The number of piperazine rings is 3. The lowest BCUT2D eigenvalue weighted by Crippen LogP contribution is -2.66. The van der Waals surface area contributed by atoms with Crippen molar-refractivity contribution in [3.05, 3.63) is 0 Å². The topological polar surface area (TPSA) is 12.5 Å². The average Bonchev–Trinajstić information content (AvgIpc) is 2.08. The Morgan fingerprint density at radius 2 is 1.60 bits per heavy atom. The molecule has 0 saturated carbocycles. The summed E-state index contributed by atoms with van der Waals surface area (Å²) in [5.41, 5.74) is 0. The van der Waals surface area contributed by atoms with Gasteiger partial charge in [0.25, 0.3) is 0 Å². The third kappa shape index (κ3) is 0.856. The van der Waals surface area contributed by atoms with Gasteiger partial charge in [-0.25, -0.2) is 4.84 Å². The van der Waals surface area contributed by atoms with E-state index in [1.165, 1.54) is 39.3 Å². The summed E-state index contributed by atoms with van der Waals surface area (Å²) in [6.45, 7) is 7.26. The van der Waals surface area contributed by atoms with Crippen LogP contribution in [0.25, 0.3) is 0 Å². The third-order valence-electron chi connectivity index (χ3n) is 2.86. The van der Waals surface area contributed by atoms with Gasteiger partial charge in [-0.3, -0.25) is 4.90 Å². The summed E-state index contributed by atoms with van der Waals surface area (Å²) in [5, 5.41) is 0. The second-order valence-electron chi connectivity index (χ2n) is 3.25. The lowest BCUT2D eigenvalue weighted by molar-refractivity contribution is -1.11. The highest BCUT2D eigenvalue weighted by molar-refractivity contribution is 4.67. The van der Waals surface area contributed by atoms with Crippen LogP contribution in [0, 0.1) is 0 Å². The maximum absolute atomic E-state index is 5.48. The number of hydrogen-bond donors (Lipinski definition) is 0. The van der Waals surface area contributed by atoms with Gasteiger partial charge in [0.2, 0.25) is 0 Å². The Bertz CT molecular complexity index is 116. The summed E-state index contributed by atoms with van der Waals surface area (Å²) in [4.78, 5) is 7.99. The van der Waals surface area contributed by atoms with Gasteiger partial charge in [-0.15, -0.1) is 0 Å². The van der Waals surface area contributed by atoms with Gasteiger partial charge in [0.1, 0.15) is 19.6 Å². The molecule has 0 unspecified atom stereocenters. The summed E-state index contributed by atoms with van der Waals surface area (Å²) < 4.78 is 0.913. The molecule has 0 atom stereocenters. The zero-order valence-electron chi connectivity index (χ0n) is 6.55. The first kappa shape index (κ1) is 6.58. The highest BCUT2D eigenvalue weighted by Gasteiger charge is 2.39. The molecular formula is C7H15N2O+. The van der Waals surface area contributed by atoms with E-state index in [0.29, 0.717) is 0 Å². The van der Waals surface area contributed by atoms with E-state index in [0.717, 1.165) is 4.65 Å². The van der Waals surface area contributed by atoms with Crippen LogP contribution in [0.2, 0.25) is 0 Å². The van der Waals surface area contributed by atoms with Crippen molar-refractivity contribution >= 4 is 0 Å². The van der Waals surface area contributed by atoms with E-state index in [1.807, 2.05) is 7.11 Å². The number of rotatable bonds is 1. The van der Waals surface area contributed by atoms with Crippen molar-refractivity contribution in [3.63, 3.8) is 0 Å². The SMILES string of the molecule is CO[N+]12CCN(CC1)CC2. The second-order valence-corrected chi connectivity index (χ2v) is 3.25. The quantitative estimate of drug-likeness (QED) is 0.467. The molecule has 3 fully saturated rings. The van der Waals surface area contributed by atoms with Crippen LogP contribution in [0.5, 0.6) is 0 Å². The molecule has 2 bridgehead atoms. The van der Waals surface area contributed by atoms with E-state index in [4.69, 9.17) is 4.84 Å². The third-order valence-corrected chi connectivity index (χ3v) is 2.86. The van der Waals surface area contributed by atoms with Crippen LogP contribution in [-0.2, 0) is 4.84 Å². The first-order valence-corrected chi connectivity index (χ1v) is 3.99. The van der Waals surface area contributed by atoms with Crippen molar-refractivity contribution in [2.75, 3.05) is 46.4 Å². The van der Waals surface area contributed by atoms with E-state index in [2.05, 4.69) is 4.90 Å². The van der Waals surface area contributed by atoms with E-state index < -0.39 is 0 Å². The van der Waals surface area contributed by atoms with E-state index in [9.17, 15) is 0 Å². The molecule has 10 heavy (non-hydrogen) atoms. The zero-order chi connectivity index (χ0) is 7.03.